The van der Waals surface area contributed by atoms with Gasteiger partial charge in [-0.1, -0.05) is 12.1 Å². The highest BCUT2D eigenvalue weighted by molar-refractivity contribution is 5.88. The van der Waals surface area contributed by atoms with E-state index in [1.807, 2.05) is 36.5 Å². The van der Waals surface area contributed by atoms with E-state index in [4.69, 9.17) is 0 Å². The van der Waals surface area contributed by atoms with Crippen molar-refractivity contribution in [3.63, 3.8) is 0 Å². The lowest BCUT2D eigenvalue weighted by molar-refractivity contribution is 1.22. The van der Waals surface area contributed by atoms with Gasteiger partial charge < -0.3 is 0 Å². The van der Waals surface area contributed by atoms with Gasteiger partial charge in [-0.3, -0.25) is 4.40 Å². The van der Waals surface area contributed by atoms with Crippen molar-refractivity contribution in [3.8, 4) is 0 Å². The Balaban J connectivity index is 2.38. The van der Waals surface area contributed by atoms with Crippen LogP contribution in [0.1, 0.15) is 0 Å². The maximum absolute atomic E-state index is 4.59. The molecule has 0 atom stereocenters. The molecule has 0 amide bonds. The number of imidazole rings is 1. The molecule has 0 spiro atoms. The Morgan fingerprint density at radius 3 is 2.82 bits per heavy atom. The van der Waals surface area contributed by atoms with E-state index in [-0.39, 0.29) is 0 Å². The van der Waals surface area contributed by atoms with Gasteiger partial charge in [0, 0.05) is 11.6 Å². The smallest absolute Gasteiger partial charge is 0.146 e. The summed E-state index contributed by atoms with van der Waals surface area (Å²) in [4.78, 5) is 9.04. The topological polar surface area (TPSA) is 30.2 Å². The van der Waals surface area contributed by atoms with Crippen LogP contribution >= 0.6 is 0 Å². The summed E-state index contributed by atoms with van der Waals surface area (Å²) in [6.45, 7) is 0. The Kier molecular flexibility index (Phi) is 1.56. The van der Waals surface area contributed by atoms with E-state index in [0.29, 0.717) is 0 Å². The molecule has 0 aliphatic heterocycles. The summed E-state index contributed by atoms with van der Waals surface area (Å²) < 4.78 is 2.10. The van der Waals surface area contributed by atoms with Crippen molar-refractivity contribution >= 4 is 27.7 Å². The lowest BCUT2D eigenvalue weighted by atomic mass is 10.3. The van der Waals surface area contributed by atoms with Crippen molar-refractivity contribution < 1.29 is 0 Å². The zero-order valence-corrected chi connectivity index (χ0v) is 9.04. The molecule has 80 valence electrons. The highest BCUT2D eigenvalue weighted by Gasteiger charge is 2.06. The van der Waals surface area contributed by atoms with Crippen LogP contribution in [0.15, 0.2) is 54.7 Å². The molecule has 0 bridgehead atoms. The van der Waals surface area contributed by atoms with E-state index < -0.39 is 0 Å². The van der Waals surface area contributed by atoms with Crippen molar-refractivity contribution in [2.24, 2.45) is 0 Å². The number of pyridine rings is 2. The average molecular weight is 219 g/mol. The highest BCUT2D eigenvalue weighted by atomic mass is 15.1. The first kappa shape index (κ1) is 8.70. The van der Waals surface area contributed by atoms with Crippen molar-refractivity contribution in [2.45, 2.75) is 0 Å². The molecule has 0 saturated heterocycles. The quantitative estimate of drug-likeness (QED) is 0.455. The second kappa shape index (κ2) is 3.04. The Hall–Kier alpha value is -2.42. The van der Waals surface area contributed by atoms with Gasteiger partial charge >= 0.3 is 0 Å². The minimum Gasteiger partial charge on any atom is -0.276 e. The Morgan fingerprint density at radius 1 is 0.882 bits per heavy atom. The van der Waals surface area contributed by atoms with Crippen molar-refractivity contribution in [3.05, 3.63) is 54.7 Å². The fourth-order valence-corrected chi connectivity index (χ4v) is 2.27. The van der Waals surface area contributed by atoms with Crippen molar-refractivity contribution in [1.29, 1.82) is 0 Å². The molecule has 3 heteroatoms. The summed E-state index contributed by atoms with van der Waals surface area (Å²) in [5.74, 6) is 0. The third-order valence-corrected chi connectivity index (χ3v) is 3.03. The standard InChI is InChI=1S/C14H9N3/c1-2-6-12-11(5-1)16-13-8-7-10-4-3-9-15-14(10)17(12)13/h1-9H. The molecule has 3 aromatic heterocycles. The van der Waals surface area contributed by atoms with Gasteiger partial charge in [0.1, 0.15) is 11.3 Å². The summed E-state index contributed by atoms with van der Waals surface area (Å²) >= 11 is 0. The molecule has 3 heterocycles. The minimum atomic E-state index is 0.942. The lowest BCUT2D eigenvalue weighted by Gasteiger charge is -2.00. The van der Waals surface area contributed by atoms with E-state index in [1.165, 1.54) is 0 Å². The number of hydrogen-bond acceptors (Lipinski definition) is 2. The molecule has 0 saturated carbocycles. The number of aromatic nitrogens is 3. The first-order valence-electron chi connectivity index (χ1n) is 5.54. The van der Waals surface area contributed by atoms with Gasteiger partial charge in [-0.15, -0.1) is 0 Å². The Bertz CT molecular complexity index is 840. The number of nitrogens with zero attached hydrogens (tertiary/aromatic N) is 3. The summed E-state index contributed by atoms with van der Waals surface area (Å²) in [6, 6.07) is 16.2. The summed E-state index contributed by atoms with van der Waals surface area (Å²) in [7, 11) is 0. The molecule has 4 aromatic rings. The van der Waals surface area contributed by atoms with Gasteiger partial charge in [-0.05, 0) is 36.4 Å². The number of fused-ring (bicyclic) bond motifs is 5. The van der Waals surface area contributed by atoms with Gasteiger partial charge in [-0.25, -0.2) is 9.97 Å². The molecule has 0 radical (unpaired) electrons. The summed E-state index contributed by atoms with van der Waals surface area (Å²) in [5.41, 5.74) is 4.01. The number of para-hydroxylation sites is 2. The molecule has 17 heavy (non-hydrogen) atoms. The second-order valence-electron chi connectivity index (χ2n) is 4.04. The van der Waals surface area contributed by atoms with E-state index in [0.717, 1.165) is 27.7 Å². The minimum absolute atomic E-state index is 0.942. The number of rotatable bonds is 0. The molecule has 3 nitrogen and oxygen atoms in total. The van der Waals surface area contributed by atoms with Gasteiger partial charge in [0.25, 0.3) is 0 Å². The molecular formula is C14H9N3. The first-order valence-corrected chi connectivity index (χ1v) is 5.54. The first-order chi connectivity index (χ1) is 8.43. The van der Waals surface area contributed by atoms with Crippen LogP contribution in [-0.4, -0.2) is 14.4 Å². The van der Waals surface area contributed by atoms with E-state index in [9.17, 15) is 0 Å². The van der Waals surface area contributed by atoms with Gasteiger partial charge in [0.2, 0.25) is 0 Å². The molecule has 1 aromatic carbocycles. The van der Waals surface area contributed by atoms with Crippen LogP contribution < -0.4 is 0 Å². The van der Waals surface area contributed by atoms with Gasteiger partial charge in [-0.2, -0.15) is 0 Å². The predicted molar refractivity (Wildman–Crippen MR) is 68.0 cm³/mol. The molecule has 0 unspecified atom stereocenters. The van der Waals surface area contributed by atoms with Crippen LogP contribution in [0.5, 0.6) is 0 Å². The highest BCUT2D eigenvalue weighted by Crippen LogP contribution is 2.21. The fourth-order valence-electron chi connectivity index (χ4n) is 2.27. The molecule has 0 fully saturated rings. The lowest BCUT2D eigenvalue weighted by Crippen LogP contribution is -1.90. The molecule has 4 rings (SSSR count). The molecule has 0 aliphatic carbocycles. The Labute approximate surface area is 97.4 Å². The number of hydrogen-bond donors (Lipinski definition) is 0. The molecule has 0 N–H and O–H groups in total. The van der Waals surface area contributed by atoms with Crippen LogP contribution in [0.25, 0.3) is 27.7 Å². The normalized spacial score (nSPS) is 11.5. The maximum atomic E-state index is 4.59. The van der Waals surface area contributed by atoms with Gasteiger partial charge in [0.15, 0.2) is 0 Å². The predicted octanol–water partition coefficient (Wildman–Crippen LogP) is 3.04. The monoisotopic (exact) mass is 219 g/mol. The van der Waals surface area contributed by atoms with Crippen LogP contribution in [0.4, 0.5) is 0 Å². The summed E-state index contributed by atoms with van der Waals surface area (Å²) in [5, 5.41) is 1.13. The zero-order chi connectivity index (χ0) is 11.2. The third-order valence-electron chi connectivity index (χ3n) is 3.03. The zero-order valence-electron chi connectivity index (χ0n) is 9.04. The Morgan fingerprint density at radius 2 is 1.82 bits per heavy atom. The van der Waals surface area contributed by atoms with E-state index >= 15 is 0 Å². The van der Waals surface area contributed by atoms with Crippen LogP contribution in [0.3, 0.4) is 0 Å². The van der Waals surface area contributed by atoms with Crippen LogP contribution in [0.2, 0.25) is 0 Å². The van der Waals surface area contributed by atoms with Gasteiger partial charge in [0.05, 0.1) is 11.0 Å². The number of benzene rings is 1. The van der Waals surface area contributed by atoms with E-state index in [1.54, 1.807) is 0 Å². The van der Waals surface area contributed by atoms with Crippen molar-refractivity contribution in [1.82, 2.24) is 14.4 Å². The largest absolute Gasteiger partial charge is 0.276 e. The van der Waals surface area contributed by atoms with E-state index in [2.05, 4.69) is 32.6 Å². The average Bonchev–Trinajstić information content (AvgIpc) is 2.77. The maximum Gasteiger partial charge on any atom is 0.146 e. The van der Waals surface area contributed by atoms with Crippen LogP contribution in [-0.2, 0) is 0 Å². The fraction of sp³-hybridized carbons (Fsp3) is 0. The van der Waals surface area contributed by atoms with Crippen LogP contribution in [0, 0.1) is 0 Å². The SMILES string of the molecule is c1cnc2c(c1)ccc1nc3ccccc3n12. The summed E-state index contributed by atoms with van der Waals surface area (Å²) in [6.07, 6.45) is 1.82. The molecular weight excluding hydrogens is 210 g/mol. The molecule has 0 aliphatic rings. The second-order valence-corrected chi connectivity index (χ2v) is 4.04. The van der Waals surface area contributed by atoms with Crippen molar-refractivity contribution in [2.75, 3.05) is 0 Å². The third kappa shape index (κ3) is 1.11.